The summed E-state index contributed by atoms with van der Waals surface area (Å²) in [4.78, 5) is 16.9. The van der Waals surface area contributed by atoms with E-state index in [-0.39, 0.29) is 10.9 Å². The Morgan fingerprint density at radius 3 is 2.95 bits per heavy atom. The number of nitrogens with zero attached hydrogens (tertiary/aromatic N) is 2. The molecule has 1 heterocycles. The van der Waals surface area contributed by atoms with E-state index in [4.69, 9.17) is 22.1 Å². The summed E-state index contributed by atoms with van der Waals surface area (Å²) in [7, 11) is 1.53. The highest BCUT2D eigenvalue weighted by Gasteiger charge is 2.35. The number of methoxy groups -OCH3 is 1. The van der Waals surface area contributed by atoms with Gasteiger partial charge in [0.2, 0.25) is 0 Å². The first-order chi connectivity index (χ1) is 9.04. The van der Waals surface area contributed by atoms with Gasteiger partial charge in [-0.2, -0.15) is 4.99 Å². The summed E-state index contributed by atoms with van der Waals surface area (Å²) in [5.74, 6) is -0.299. The maximum atomic E-state index is 13.1. The zero-order valence-electron chi connectivity index (χ0n) is 10.3. The molecule has 1 unspecified atom stereocenters. The van der Waals surface area contributed by atoms with E-state index in [1.54, 1.807) is 0 Å². The predicted molar refractivity (Wildman–Crippen MR) is 69.8 cm³/mol. The Kier molecular flexibility index (Phi) is 4.01. The number of aliphatic imine (C=N–C) groups is 1. The number of amides is 2. The summed E-state index contributed by atoms with van der Waals surface area (Å²) in [5, 5.41) is 0.209. The lowest BCUT2D eigenvalue weighted by Crippen LogP contribution is -2.35. The zero-order chi connectivity index (χ0) is 14.0. The van der Waals surface area contributed by atoms with Gasteiger partial charge in [0.1, 0.15) is 17.7 Å². The SMILES string of the molecule is COCCN1C(=O)N=C(N)C1c1ccc(F)cc1Cl. The normalized spacial score (nSPS) is 18.9. The Bertz CT molecular complexity index is 536. The third-order valence-electron chi connectivity index (χ3n) is 2.86. The molecule has 0 saturated carbocycles. The molecule has 0 fully saturated rings. The van der Waals surface area contributed by atoms with Gasteiger partial charge in [0.25, 0.3) is 0 Å². The standard InChI is InChI=1S/C12H13ClFN3O2/c1-19-5-4-17-10(11(15)16-12(17)18)8-3-2-7(14)6-9(8)13/h2-3,6,10H,4-5H2,1H3,(H2,15,16,18). The van der Waals surface area contributed by atoms with Crippen molar-refractivity contribution in [1.29, 1.82) is 0 Å². The van der Waals surface area contributed by atoms with Crippen LogP contribution in [0.5, 0.6) is 0 Å². The van der Waals surface area contributed by atoms with Crippen LogP contribution in [0.25, 0.3) is 0 Å². The molecule has 1 aliphatic heterocycles. The van der Waals surface area contributed by atoms with Crippen molar-refractivity contribution in [2.45, 2.75) is 6.04 Å². The van der Waals surface area contributed by atoms with Gasteiger partial charge >= 0.3 is 6.03 Å². The average Bonchev–Trinajstić information content (AvgIpc) is 2.62. The van der Waals surface area contributed by atoms with Gasteiger partial charge < -0.3 is 15.4 Å². The number of halogens is 2. The van der Waals surface area contributed by atoms with E-state index in [1.165, 1.54) is 30.2 Å². The van der Waals surface area contributed by atoms with Crippen LogP contribution in [0, 0.1) is 5.82 Å². The summed E-state index contributed by atoms with van der Waals surface area (Å²) in [6.07, 6.45) is 0. The summed E-state index contributed by atoms with van der Waals surface area (Å²) in [6, 6.07) is 2.94. The topological polar surface area (TPSA) is 67.9 Å². The maximum absolute atomic E-state index is 13.1. The van der Waals surface area contributed by atoms with E-state index in [9.17, 15) is 9.18 Å². The highest BCUT2D eigenvalue weighted by molar-refractivity contribution is 6.31. The summed E-state index contributed by atoms with van der Waals surface area (Å²) >= 11 is 6.00. The maximum Gasteiger partial charge on any atom is 0.346 e. The molecule has 7 heteroatoms. The Hall–Kier alpha value is -1.66. The van der Waals surface area contributed by atoms with Crippen molar-refractivity contribution in [2.24, 2.45) is 10.7 Å². The molecule has 1 aromatic carbocycles. The minimum Gasteiger partial charge on any atom is -0.385 e. The molecule has 0 radical (unpaired) electrons. The number of amidine groups is 1. The van der Waals surface area contributed by atoms with Crippen molar-refractivity contribution >= 4 is 23.5 Å². The monoisotopic (exact) mass is 285 g/mol. The number of hydrogen-bond donors (Lipinski definition) is 1. The van der Waals surface area contributed by atoms with Crippen LogP contribution in [0.3, 0.4) is 0 Å². The van der Waals surface area contributed by atoms with E-state index < -0.39 is 17.9 Å². The molecule has 1 aliphatic rings. The molecule has 2 rings (SSSR count). The number of benzene rings is 1. The summed E-state index contributed by atoms with van der Waals surface area (Å²) in [5.41, 5.74) is 6.31. The highest BCUT2D eigenvalue weighted by Crippen LogP contribution is 2.31. The summed E-state index contributed by atoms with van der Waals surface area (Å²) < 4.78 is 18.0. The van der Waals surface area contributed by atoms with Crippen molar-refractivity contribution in [2.75, 3.05) is 20.3 Å². The van der Waals surface area contributed by atoms with E-state index in [0.717, 1.165) is 0 Å². The van der Waals surface area contributed by atoms with E-state index in [0.29, 0.717) is 18.7 Å². The van der Waals surface area contributed by atoms with Crippen LogP contribution in [-0.2, 0) is 4.74 Å². The molecule has 0 aromatic heterocycles. The predicted octanol–water partition coefficient (Wildman–Crippen LogP) is 1.96. The van der Waals surface area contributed by atoms with Crippen LogP contribution < -0.4 is 5.73 Å². The molecule has 5 nitrogen and oxygen atoms in total. The fraction of sp³-hybridized carbons (Fsp3) is 0.333. The average molecular weight is 286 g/mol. The molecule has 19 heavy (non-hydrogen) atoms. The Labute approximate surface area is 114 Å². The van der Waals surface area contributed by atoms with E-state index in [1.807, 2.05) is 0 Å². The number of urea groups is 1. The van der Waals surface area contributed by atoms with Gasteiger partial charge in [-0.1, -0.05) is 17.7 Å². The van der Waals surface area contributed by atoms with E-state index >= 15 is 0 Å². The fourth-order valence-electron chi connectivity index (χ4n) is 1.97. The molecule has 0 bridgehead atoms. The molecule has 0 spiro atoms. The van der Waals surface area contributed by atoms with E-state index in [2.05, 4.69) is 4.99 Å². The van der Waals surface area contributed by atoms with Crippen LogP contribution in [0.4, 0.5) is 9.18 Å². The minimum absolute atomic E-state index is 0.148. The largest absolute Gasteiger partial charge is 0.385 e. The Morgan fingerprint density at radius 1 is 1.58 bits per heavy atom. The van der Waals surface area contributed by atoms with Gasteiger partial charge in [0.15, 0.2) is 0 Å². The number of carbonyl (C=O) groups is 1. The lowest BCUT2D eigenvalue weighted by Gasteiger charge is -2.24. The van der Waals surface area contributed by atoms with Gasteiger partial charge in [0, 0.05) is 24.2 Å². The van der Waals surface area contributed by atoms with Crippen molar-refractivity contribution in [3.05, 3.63) is 34.6 Å². The Balaban J connectivity index is 2.34. The second-order valence-corrected chi connectivity index (χ2v) is 4.48. The van der Waals surface area contributed by atoms with Crippen LogP contribution in [0.1, 0.15) is 11.6 Å². The molecule has 2 N–H and O–H groups in total. The summed E-state index contributed by atoms with van der Waals surface area (Å²) in [6.45, 7) is 0.682. The van der Waals surface area contributed by atoms with Crippen molar-refractivity contribution in [3.8, 4) is 0 Å². The number of hydrogen-bond acceptors (Lipinski definition) is 3. The van der Waals surface area contributed by atoms with Crippen LogP contribution >= 0.6 is 11.6 Å². The molecule has 1 atom stereocenters. The van der Waals surface area contributed by atoms with Gasteiger partial charge in [-0.3, -0.25) is 0 Å². The first-order valence-electron chi connectivity index (χ1n) is 5.63. The van der Waals surface area contributed by atoms with Gasteiger partial charge in [0.05, 0.1) is 6.61 Å². The third-order valence-corrected chi connectivity index (χ3v) is 3.18. The molecular weight excluding hydrogens is 273 g/mol. The second-order valence-electron chi connectivity index (χ2n) is 4.07. The highest BCUT2D eigenvalue weighted by atomic mass is 35.5. The minimum atomic E-state index is -0.573. The number of rotatable bonds is 4. The zero-order valence-corrected chi connectivity index (χ0v) is 11.0. The second kappa shape index (κ2) is 5.54. The third kappa shape index (κ3) is 2.69. The van der Waals surface area contributed by atoms with Crippen LogP contribution in [0.15, 0.2) is 23.2 Å². The molecule has 102 valence electrons. The van der Waals surface area contributed by atoms with Crippen molar-refractivity contribution in [3.63, 3.8) is 0 Å². The molecular formula is C12H13ClFN3O2. The van der Waals surface area contributed by atoms with Gasteiger partial charge in [-0.15, -0.1) is 0 Å². The fourth-order valence-corrected chi connectivity index (χ4v) is 2.24. The molecule has 2 amide bonds. The molecule has 0 aliphatic carbocycles. The van der Waals surface area contributed by atoms with Crippen molar-refractivity contribution in [1.82, 2.24) is 4.90 Å². The first-order valence-corrected chi connectivity index (χ1v) is 6.01. The van der Waals surface area contributed by atoms with Gasteiger partial charge in [-0.25, -0.2) is 9.18 Å². The first kappa shape index (κ1) is 13.8. The Morgan fingerprint density at radius 2 is 2.32 bits per heavy atom. The smallest absolute Gasteiger partial charge is 0.346 e. The van der Waals surface area contributed by atoms with Crippen molar-refractivity contribution < 1.29 is 13.9 Å². The number of nitrogens with two attached hydrogens (primary N) is 1. The number of carbonyl (C=O) groups excluding carboxylic acids is 1. The van der Waals surface area contributed by atoms with Crippen LogP contribution in [-0.4, -0.2) is 37.0 Å². The number of ether oxygens (including phenoxy) is 1. The molecule has 0 saturated heterocycles. The van der Waals surface area contributed by atoms with Gasteiger partial charge in [-0.05, 0) is 12.1 Å². The van der Waals surface area contributed by atoms with Crippen LogP contribution in [0.2, 0.25) is 5.02 Å². The lowest BCUT2D eigenvalue weighted by molar-refractivity contribution is 0.150. The molecule has 1 aromatic rings. The lowest BCUT2D eigenvalue weighted by atomic mass is 10.1. The quantitative estimate of drug-likeness (QED) is 0.919.